The van der Waals surface area contributed by atoms with Crippen molar-refractivity contribution in [2.24, 2.45) is 5.92 Å². The Bertz CT molecular complexity index is 563. The summed E-state index contributed by atoms with van der Waals surface area (Å²) in [6.07, 6.45) is 1.56. The van der Waals surface area contributed by atoms with Crippen LogP contribution in [0, 0.1) is 11.7 Å². The highest BCUT2D eigenvalue weighted by Crippen LogP contribution is 2.39. The molecule has 1 aliphatic rings. The molecule has 0 aromatic heterocycles. The summed E-state index contributed by atoms with van der Waals surface area (Å²) in [5, 5.41) is 14.2. The van der Waals surface area contributed by atoms with Crippen LogP contribution in [-0.2, 0) is 4.79 Å². The Morgan fingerprint density at radius 1 is 1.45 bits per heavy atom. The average molecular weight is 345 g/mol. The Labute approximate surface area is 123 Å². The molecule has 0 heterocycles. The van der Waals surface area contributed by atoms with Crippen LogP contribution in [0.25, 0.3) is 0 Å². The largest absolute Gasteiger partial charge is 0.480 e. The van der Waals surface area contributed by atoms with E-state index in [1.54, 1.807) is 0 Å². The van der Waals surface area contributed by atoms with Gasteiger partial charge in [-0.25, -0.2) is 14.0 Å². The quantitative estimate of drug-likeness (QED) is 0.785. The van der Waals surface area contributed by atoms with Crippen molar-refractivity contribution in [2.75, 3.05) is 5.32 Å². The minimum atomic E-state index is -1.28. The van der Waals surface area contributed by atoms with E-state index in [4.69, 9.17) is 0 Å². The standard InChI is InChI=1S/C13H14BrFN2O3/c1-13(11(18)19,7-2-3-7)17-12(20)16-10-5-4-8(15)6-9(10)14/h4-7H,2-3H2,1H3,(H,18,19)(H2,16,17,20). The van der Waals surface area contributed by atoms with Crippen LogP contribution in [0.1, 0.15) is 19.8 Å². The molecule has 0 aliphatic heterocycles. The van der Waals surface area contributed by atoms with Crippen LogP contribution in [0.5, 0.6) is 0 Å². The number of hydrogen-bond donors (Lipinski definition) is 3. The molecule has 0 saturated heterocycles. The lowest BCUT2D eigenvalue weighted by molar-refractivity contribution is -0.144. The van der Waals surface area contributed by atoms with Crippen molar-refractivity contribution in [2.45, 2.75) is 25.3 Å². The zero-order chi connectivity index (χ0) is 14.9. The highest BCUT2D eigenvalue weighted by molar-refractivity contribution is 9.10. The van der Waals surface area contributed by atoms with Crippen LogP contribution < -0.4 is 10.6 Å². The van der Waals surface area contributed by atoms with Gasteiger partial charge in [0.25, 0.3) is 0 Å². The number of carboxylic acids is 1. The molecule has 3 N–H and O–H groups in total. The monoisotopic (exact) mass is 344 g/mol. The SMILES string of the molecule is CC(NC(=O)Nc1ccc(F)cc1Br)(C(=O)O)C1CC1. The van der Waals surface area contributed by atoms with Gasteiger partial charge in [-0.2, -0.15) is 0 Å². The number of aliphatic carboxylic acids is 1. The third-order valence-electron chi connectivity index (χ3n) is 3.39. The second-order valence-electron chi connectivity index (χ2n) is 4.99. The second kappa shape index (κ2) is 5.40. The Kier molecular flexibility index (Phi) is 3.99. The van der Waals surface area contributed by atoms with Crippen LogP contribution in [0.4, 0.5) is 14.9 Å². The fourth-order valence-corrected chi connectivity index (χ4v) is 2.42. The van der Waals surface area contributed by atoms with E-state index in [0.29, 0.717) is 10.2 Å². The Morgan fingerprint density at radius 3 is 2.60 bits per heavy atom. The molecule has 1 saturated carbocycles. The number of anilines is 1. The highest BCUT2D eigenvalue weighted by atomic mass is 79.9. The maximum absolute atomic E-state index is 12.9. The first-order valence-electron chi connectivity index (χ1n) is 6.10. The fraction of sp³-hybridized carbons (Fsp3) is 0.385. The Balaban J connectivity index is 2.06. The maximum Gasteiger partial charge on any atom is 0.329 e. The molecular weight excluding hydrogens is 331 g/mol. The van der Waals surface area contributed by atoms with Gasteiger partial charge >= 0.3 is 12.0 Å². The van der Waals surface area contributed by atoms with Crippen LogP contribution in [0.15, 0.2) is 22.7 Å². The predicted molar refractivity (Wildman–Crippen MR) is 75.0 cm³/mol. The first kappa shape index (κ1) is 14.8. The Morgan fingerprint density at radius 2 is 2.10 bits per heavy atom. The highest BCUT2D eigenvalue weighted by Gasteiger charge is 2.48. The first-order valence-corrected chi connectivity index (χ1v) is 6.90. The molecule has 20 heavy (non-hydrogen) atoms. The molecule has 2 rings (SSSR count). The predicted octanol–water partition coefficient (Wildman–Crippen LogP) is 2.96. The van der Waals surface area contributed by atoms with Gasteiger partial charge < -0.3 is 15.7 Å². The van der Waals surface area contributed by atoms with Crippen molar-refractivity contribution in [3.05, 3.63) is 28.5 Å². The van der Waals surface area contributed by atoms with Gasteiger partial charge in [0.1, 0.15) is 11.4 Å². The number of rotatable bonds is 4. The molecule has 0 radical (unpaired) electrons. The molecule has 7 heteroatoms. The third-order valence-corrected chi connectivity index (χ3v) is 4.05. The van der Waals surface area contributed by atoms with E-state index < -0.39 is 23.4 Å². The molecule has 0 spiro atoms. The lowest BCUT2D eigenvalue weighted by Gasteiger charge is -2.26. The van der Waals surface area contributed by atoms with E-state index in [0.717, 1.165) is 12.8 Å². The molecule has 1 atom stereocenters. The zero-order valence-electron chi connectivity index (χ0n) is 10.7. The molecule has 1 fully saturated rings. The number of carboxylic acid groups (broad SMARTS) is 1. The van der Waals surface area contributed by atoms with E-state index in [9.17, 15) is 19.1 Å². The van der Waals surface area contributed by atoms with E-state index in [2.05, 4.69) is 26.6 Å². The van der Waals surface area contributed by atoms with Crippen molar-refractivity contribution < 1.29 is 19.1 Å². The summed E-state index contributed by atoms with van der Waals surface area (Å²) in [6.45, 7) is 1.49. The number of amides is 2. The third kappa shape index (κ3) is 3.09. The van der Waals surface area contributed by atoms with E-state index in [-0.39, 0.29) is 5.92 Å². The number of urea groups is 1. The molecular formula is C13H14BrFN2O3. The van der Waals surface area contributed by atoms with Gasteiger partial charge in [0.15, 0.2) is 0 Å². The van der Waals surface area contributed by atoms with Gasteiger partial charge in [-0.3, -0.25) is 0 Å². The molecule has 1 aromatic rings. The summed E-state index contributed by atoms with van der Waals surface area (Å²) < 4.78 is 13.3. The van der Waals surface area contributed by atoms with E-state index in [1.807, 2.05) is 0 Å². The van der Waals surface area contributed by atoms with E-state index in [1.165, 1.54) is 25.1 Å². The number of benzene rings is 1. The smallest absolute Gasteiger partial charge is 0.329 e. The lowest BCUT2D eigenvalue weighted by Crippen LogP contribution is -2.55. The molecule has 1 unspecified atom stereocenters. The van der Waals surface area contributed by atoms with Gasteiger partial charge in [-0.05, 0) is 59.8 Å². The van der Waals surface area contributed by atoms with Crippen LogP contribution >= 0.6 is 15.9 Å². The summed E-state index contributed by atoms with van der Waals surface area (Å²) in [6, 6.07) is 3.19. The topological polar surface area (TPSA) is 78.4 Å². The minimum absolute atomic E-state index is 0.0533. The minimum Gasteiger partial charge on any atom is -0.480 e. The lowest BCUT2D eigenvalue weighted by atomic mass is 9.96. The molecule has 2 amide bonds. The number of halogens is 2. The normalized spacial score (nSPS) is 17.1. The Hall–Kier alpha value is -1.63. The molecule has 5 nitrogen and oxygen atoms in total. The number of carbonyl (C=O) groups excluding carboxylic acids is 1. The van der Waals surface area contributed by atoms with Crippen LogP contribution in [-0.4, -0.2) is 22.6 Å². The van der Waals surface area contributed by atoms with E-state index >= 15 is 0 Å². The van der Waals surface area contributed by atoms with Gasteiger partial charge in [0, 0.05) is 4.47 Å². The number of carbonyl (C=O) groups is 2. The van der Waals surface area contributed by atoms with Crippen LogP contribution in [0.2, 0.25) is 0 Å². The second-order valence-corrected chi connectivity index (χ2v) is 5.84. The van der Waals surface area contributed by atoms with Crippen molar-refractivity contribution in [3.63, 3.8) is 0 Å². The molecule has 1 aliphatic carbocycles. The summed E-state index contributed by atoms with van der Waals surface area (Å²) in [7, 11) is 0. The van der Waals surface area contributed by atoms with Crippen molar-refractivity contribution in [3.8, 4) is 0 Å². The maximum atomic E-state index is 12.9. The van der Waals surface area contributed by atoms with Crippen LogP contribution in [0.3, 0.4) is 0 Å². The number of nitrogens with one attached hydrogen (secondary N) is 2. The summed E-state index contributed by atoms with van der Waals surface area (Å²) in [4.78, 5) is 23.2. The van der Waals surface area contributed by atoms with Crippen molar-refractivity contribution in [1.29, 1.82) is 0 Å². The zero-order valence-corrected chi connectivity index (χ0v) is 12.3. The summed E-state index contributed by atoms with van der Waals surface area (Å²) in [5.74, 6) is -1.55. The molecule has 108 valence electrons. The van der Waals surface area contributed by atoms with Gasteiger partial charge in [-0.1, -0.05) is 0 Å². The number of hydrogen-bond acceptors (Lipinski definition) is 2. The van der Waals surface area contributed by atoms with Gasteiger partial charge in [-0.15, -0.1) is 0 Å². The van der Waals surface area contributed by atoms with Gasteiger partial charge in [0.05, 0.1) is 5.69 Å². The van der Waals surface area contributed by atoms with Crippen molar-refractivity contribution in [1.82, 2.24) is 5.32 Å². The fourth-order valence-electron chi connectivity index (χ4n) is 1.97. The average Bonchev–Trinajstić information content (AvgIpc) is 3.16. The summed E-state index contributed by atoms with van der Waals surface area (Å²) in [5.41, 5.74) is -0.913. The first-order chi connectivity index (χ1) is 9.33. The molecule has 0 bridgehead atoms. The summed E-state index contributed by atoms with van der Waals surface area (Å²) >= 11 is 3.13. The molecule has 1 aromatic carbocycles. The van der Waals surface area contributed by atoms with Crippen molar-refractivity contribution >= 4 is 33.6 Å². The van der Waals surface area contributed by atoms with Gasteiger partial charge in [0.2, 0.25) is 0 Å².